The molecule has 5 heteroatoms. The fourth-order valence-corrected chi connectivity index (χ4v) is 1.87. The maximum absolute atomic E-state index is 12.1. The summed E-state index contributed by atoms with van der Waals surface area (Å²) >= 11 is 0. The molecule has 0 spiro atoms. The van der Waals surface area contributed by atoms with Crippen LogP contribution in [-0.4, -0.2) is 22.8 Å². The van der Waals surface area contributed by atoms with Crippen LogP contribution >= 0.6 is 0 Å². The van der Waals surface area contributed by atoms with Gasteiger partial charge in [0.2, 0.25) is 0 Å². The van der Waals surface area contributed by atoms with Crippen LogP contribution in [0.2, 0.25) is 0 Å². The molecule has 1 unspecified atom stereocenters. The van der Waals surface area contributed by atoms with E-state index in [0.29, 0.717) is 11.1 Å². The van der Waals surface area contributed by atoms with Gasteiger partial charge >= 0.3 is 5.97 Å². The highest BCUT2D eigenvalue weighted by Crippen LogP contribution is 2.15. The molecule has 0 aromatic heterocycles. The van der Waals surface area contributed by atoms with E-state index in [1.54, 1.807) is 60.7 Å². The molecule has 0 aliphatic rings. The van der Waals surface area contributed by atoms with Crippen LogP contribution < -0.4 is 5.32 Å². The molecular formula is C16H13NO4. The van der Waals surface area contributed by atoms with Gasteiger partial charge in [-0.1, -0.05) is 48.5 Å². The van der Waals surface area contributed by atoms with E-state index in [4.69, 9.17) is 5.11 Å². The van der Waals surface area contributed by atoms with Crippen LogP contribution in [0.5, 0.6) is 0 Å². The SMILES string of the molecule is O=C(O)C(=O)C(NC(=O)c1ccccc1)c1ccccc1. The quantitative estimate of drug-likeness (QED) is 0.820. The Balaban J connectivity index is 2.27. The van der Waals surface area contributed by atoms with Crippen LogP contribution in [0.1, 0.15) is 22.0 Å². The molecule has 1 atom stereocenters. The highest BCUT2D eigenvalue weighted by atomic mass is 16.4. The number of carbonyl (C=O) groups is 3. The lowest BCUT2D eigenvalue weighted by molar-refractivity contribution is -0.150. The molecule has 0 heterocycles. The van der Waals surface area contributed by atoms with E-state index in [2.05, 4.69) is 5.32 Å². The zero-order valence-corrected chi connectivity index (χ0v) is 11.0. The predicted molar refractivity (Wildman–Crippen MR) is 75.7 cm³/mol. The molecule has 0 saturated heterocycles. The number of ketones is 1. The minimum atomic E-state index is -1.59. The number of hydrogen-bond donors (Lipinski definition) is 2. The fourth-order valence-electron chi connectivity index (χ4n) is 1.87. The molecule has 0 radical (unpaired) electrons. The lowest BCUT2D eigenvalue weighted by Gasteiger charge is -2.16. The van der Waals surface area contributed by atoms with E-state index >= 15 is 0 Å². The van der Waals surface area contributed by atoms with E-state index in [1.165, 1.54) is 0 Å². The Kier molecular flexibility index (Phi) is 4.46. The van der Waals surface area contributed by atoms with Crippen molar-refractivity contribution in [1.29, 1.82) is 0 Å². The van der Waals surface area contributed by atoms with Crippen molar-refractivity contribution in [1.82, 2.24) is 5.32 Å². The average molecular weight is 283 g/mol. The van der Waals surface area contributed by atoms with Gasteiger partial charge in [0.05, 0.1) is 0 Å². The van der Waals surface area contributed by atoms with Gasteiger partial charge in [-0.05, 0) is 17.7 Å². The lowest BCUT2D eigenvalue weighted by atomic mass is 10.0. The summed E-state index contributed by atoms with van der Waals surface area (Å²) in [5.41, 5.74) is 0.783. The molecule has 1 amide bonds. The number of carbonyl (C=O) groups excluding carboxylic acids is 2. The predicted octanol–water partition coefficient (Wildman–Crippen LogP) is 1.81. The largest absolute Gasteiger partial charge is 0.475 e. The number of benzene rings is 2. The summed E-state index contributed by atoms with van der Waals surface area (Å²) in [6.07, 6.45) is 0. The number of carboxylic acids is 1. The smallest absolute Gasteiger partial charge is 0.374 e. The van der Waals surface area contributed by atoms with Crippen molar-refractivity contribution < 1.29 is 19.5 Å². The molecule has 2 aromatic carbocycles. The standard InChI is InChI=1S/C16H13NO4/c18-14(16(20)21)13(11-7-3-1-4-8-11)17-15(19)12-9-5-2-6-10-12/h1-10,13H,(H,17,19)(H,20,21). The third-order valence-corrected chi connectivity index (χ3v) is 2.92. The Hall–Kier alpha value is -2.95. The summed E-state index contributed by atoms with van der Waals surface area (Å²) in [5.74, 6) is -3.17. The summed E-state index contributed by atoms with van der Waals surface area (Å²) in [7, 11) is 0. The molecule has 2 aromatic rings. The minimum Gasteiger partial charge on any atom is -0.475 e. The Morgan fingerprint density at radius 3 is 1.90 bits per heavy atom. The Labute approximate surface area is 121 Å². The van der Waals surface area contributed by atoms with Gasteiger partial charge in [0, 0.05) is 5.56 Å². The minimum absolute atomic E-state index is 0.358. The van der Waals surface area contributed by atoms with Crippen molar-refractivity contribution in [3.05, 3.63) is 71.8 Å². The number of carboxylic acid groups (broad SMARTS) is 1. The number of amides is 1. The summed E-state index contributed by atoms with van der Waals surface area (Å²) in [6, 6.07) is 15.4. The number of nitrogens with one attached hydrogen (secondary N) is 1. The van der Waals surface area contributed by atoms with Crippen LogP contribution in [0, 0.1) is 0 Å². The van der Waals surface area contributed by atoms with Crippen molar-refractivity contribution in [3.8, 4) is 0 Å². The summed E-state index contributed by atoms with van der Waals surface area (Å²) in [6.45, 7) is 0. The van der Waals surface area contributed by atoms with E-state index in [1.807, 2.05) is 0 Å². The lowest BCUT2D eigenvalue weighted by Crippen LogP contribution is -2.37. The van der Waals surface area contributed by atoms with Crippen molar-refractivity contribution in [3.63, 3.8) is 0 Å². The third-order valence-electron chi connectivity index (χ3n) is 2.92. The summed E-state index contributed by atoms with van der Waals surface area (Å²) < 4.78 is 0. The first-order valence-corrected chi connectivity index (χ1v) is 6.27. The topological polar surface area (TPSA) is 83.5 Å². The number of Topliss-reactive ketones (excluding diaryl/α,β-unsaturated/α-hetero) is 1. The molecule has 106 valence electrons. The van der Waals surface area contributed by atoms with Crippen molar-refractivity contribution >= 4 is 17.7 Å². The normalized spacial score (nSPS) is 11.4. The van der Waals surface area contributed by atoms with Crippen LogP contribution in [0.4, 0.5) is 0 Å². The highest BCUT2D eigenvalue weighted by molar-refractivity contribution is 6.35. The number of hydrogen-bond acceptors (Lipinski definition) is 3. The van der Waals surface area contributed by atoms with E-state index in [-0.39, 0.29) is 0 Å². The van der Waals surface area contributed by atoms with Gasteiger partial charge in [-0.2, -0.15) is 0 Å². The van der Waals surface area contributed by atoms with Gasteiger partial charge in [0.15, 0.2) is 0 Å². The molecular weight excluding hydrogens is 270 g/mol. The molecule has 0 aliphatic carbocycles. The van der Waals surface area contributed by atoms with Crippen LogP contribution in [0.3, 0.4) is 0 Å². The molecule has 5 nitrogen and oxygen atoms in total. The highest BCUT2D eigenvalue weighted by Gasteiger charge is 2.28. The zero-order valence-electron chi connectivity index (χ0n) is 11.0. The molecule has 2 rings (SSSR count). The Morgan fingerprint density at radius 1 is 0.857 bits per heavy atom. The number of rotatable bonds is 5. The third kappa shape index (κ3) is 3.54. The Morgan fingerprint density at radius 2 is 1.38 bits per heavy atom. The average Bonchev–Trinajstić information content (AvgIpc) is 2.53. The van der Waals surface area contributed by atoms with Gasteiger partial charge < -0.3 is 10.4 Å². The van der Waals surface area contributed by atoms with Gasteiger partial charge in [-0.15, -0.1) is 0 Å². The zero-order chi connectivity index (χ0) is 15.2. The molecule has 0 saturated carbocycles. The maximum atomic E-state index is 12.1. The van der Waals surface area contributed by atoms with E-state index in [0.717, 1.165) is 0 Å². The van der Waals surface area contributed by atoms with Crippen LogP contribution in [0.15, 0.2) is 60.7 Å². The summed E-state index contributed by atoms with van der Waals surface area (Å²) in [5, 5.41) is 11.4. The van der Waals surface area contributed by atoms with Crippen molar-refractivity contribution in [2.75, 3.05) is 0 Å². The maximum Gasteiger partial charge on any atom is 0.374 e. The second-order valence-corrected chi connectivity index (χ2v) is 4.35. The number of aliphatic carboxylic acids is 1. The van der Waals surface area contributed by atoms with Crippen LogP contribution in [0.25, 0.3) is 0 Å². The van der Waals surface area contributed by atoms with Crippen molar-refractivity contribution in [2.45, 2.75) is 6.04 Å². The van der Waals surface area contributed by atoms with E-state index < -0.39 is 23.7 Å². The molecule has 0 bridgehead atoms. The van der Waals surface area contributed by atoms with E-state index in [9.17, 15) is 14.4 Å². The van der Waals surface area contributed by atoms with Gasteiger partial charge in [-0.25, -0.2) is 4.79 Å². The monoisotopic (exact) mass is 283 g/mol. The first kappa shape index (κ1) is 14.5. The van der Waals surface area contributed by atoms with Crippen LogP contribution in [-0.2, 0) is 9.59 Å². The molecule has 0 fully saturated rings. The van der Waals surface area contributed by atoms with Crippen molar-refractivity contribution in [2.24, 2.45) is 0 Å². The first-order valence-electron chi connectivity index (χ1n) is 6.27. The second kappa shape index (κ2) is 6.47. The Bertz CT molecular complexity index is 652. The second-order valence-electron chi connectivity index (χ2n) is 4.35. The summed E-state index contributed by atoms with van der Waals surface area (Å²) in [4.78, 5) is 34.8. The fraction of sp³-hybridized carbons (Fsp3) is 0.0625. The molecule has 21 heavy (non-hydrogen) atoms. The van der Waals surface area contributed by atoms with Gasteiger partial charge in [-0.3, -0.25) is 9.59 Å². The van der Waals surface area contributed by atoms with Gasteiger partial charge in [0.1, 0.15) is 6.04 Å². The molecule has 0 aliphatic heterocycles. The first-order chi connectivity index (χ1) is 10.1. The molecule has 2 N–H and O–H groups in total. The van der Waals surface area contributed by atoms with Gasteiger partial charge in [0.25, 0.3) is 11.7 Å².